The van der Waals surface area contributed by atoms with Crippen LogP contribution in [0.2, 0.25) is 0 Å². The quantitative estimate of drug-likeness (QED) is 0.476. The molecule has 0 aromatic heterocycles. The van der Waals surface area contributed by atoms with E-state index in [1.165, 1.54) is 0 Å². The molecule has 0 saturated carbocycles. The van der Waals surface area contributed by atoms with Crippen LogP contribution in [0.3, 0.4) is 0 Å². The summed E-state index contributed by atoms with van der Waals surface area (Å²) in [4.78, 5) is 0. The summed E-state index contributed by atoms with van der Waals surface area (Å²) in [6.07, 6.45) is 0. The van der Waals surface area contributed by atoms with Crippen LogP contribution >= 0.6 is 17.2 Å². The van der Waals surface area contributed by atoms with Gasteiger partial charge in [0.25, 0.3) is 0 Å². The van der Waals surface area contributed by atoms with Crippen LogP contribution in [0.1, 0.15) is 0 Å². The minimum atomic E-state index is 0. The molecule has 0 aromatic carbocycles. The van der Waals surface area contributed by atoms with Crippen LogP contribution in [-0.4, -0.2) is 6.66 Å². The van der Waals surface area contributed by atoms with Gasteiger partial charge in [0.1, 0.15) is 0 Å². The monoisotopic (exact) mass is 169 g/mol. The van der Waals surface area contributed by atoms with E-state index in [0.717, 1.165) is 8.27 Å². The summed E-state index contributed by atoms with van der Waals surface area (Å²) in [6.45, 7) is 2.12. The fraction of sp³-hybridized carbons (Fsp3) is 1.00. The average molecular weight is 169 g/mol. The first-order chi connectivity index (χ1) is 1.41. The predicted molar refractivity (Wildman–Crippen MR) is 23.9 cm³/mol. The molecular weight excluding hydrogens is 163 g/mol. The van der Waals surface area contributed by atoms with E-state index in [0.29, 0.717) is 0 Å². The summed E-state index contributed by atoms with van der Waals surface area (Å²) >= 11 is 0. The minimum Gasteiger partial charge on any atom is -0.115 e. The zero-order chi connectivity index (χ0) is 2.71. The van der Waals surface area contributed by atoms with Crippen molar-refractivity contribution in [2.45, 2.75) is 0 Å². The van der Waals surface area contributed by atoms with Crippen LogP contribution in [0.15, 0.2) is 0 Å². The Hall–Kier alpha value is 1.96. The van der Waals surface area contributed by atoms with Gasteiger partial charge < -0.3 is 0 Å². The van der Waals surface area contributed by atoms with Crippen molar-refractivity contribution in [3.63, 3.8) is 0 Å². The van der Waals surface area contributed by atoms with Gasteiger partial charge in [-0.3, -0.25) is 0 Å². The fourth-order valence-electron chi connectivity index (χ4n) is 0. The summed E-state index contributed by atoms with van der Waals surface area (Å²) in [7, 11) is 3.61. The first kappa shape index (κ1) is 9.35. The van der Waals surface area contributed by atoms with E-state index >= 15 is 0 Å². The van der Waals surface area contributed by atoms with E-state index in [9.17, 15) is 0 Å². The Morgan fingerprint density at radius 2 is 1.75 bits per heavy atom. The molecule has 0 amide bonds. The smallest absolute Gasteiger partial charge is 0 e. The average Bonchev–Trinajstić information content (AvgIpc) is 0.918. The van der Waals surface area contributed by atoms with Gasteiger partial charge in [-0.05, 0) is 6.66 Å². The molecule has 0 saturated heterocycles. The van der Waals surface area contributed by atoms with Crippen molar-refractivity contribution in [2.75, 3.05) is 6.66 Å². The predicted octanol–water partition coefficient (Wildman–Crippen LogP) is 1.08. The van der Waals surface area contributed by atoms with Gasteiger partial charge in [-0.1, -0.05) is 0 Å². The van der Waals surface area contributed by atoms with Crippen LogP contribution in [0, 0.1) is 0 Å². The molecule has 0 heterocycles. The molecule has 0 nitrogen and oxygen atoms in total. The van der Waals surface area contributed by atoms with E-state index < -0.39 is 0 Å². The van der Waals surface area contributed by atoms with E-state index in [2.05, 4.69) is 15.6 Å². The topological polar surface area (TPSA) is 0 Å². The number of hydrogen-bond acceptors (Lipinski definition) is 0. The maximum Gasteiger partial charge on any atom is 0 e. The molecule has 0 aliphatic carbocycles. The molecule has 0 rings (SSSR count). The second-order valence-electron chi connectivity index (χ2n) is 0.289. The van der Waals surface area contributed by atoms with E-state index in [1.54, 1.807) is 0 Å². The van der Waals surface area contributed by atoms with Crippen molar-refractivity contribution in [3.8, 4) is 0 Å². The Bertz CT molecular complexity index is 6.00. The van der Waals surface area contributed by atoms with Gasteiger partial charge in [-0.25, -0.2) is 0 Å². The molecular formula is CH6P2Y. The molecule has 2 atom stereocenters. The number of rotatable bonds is 0. The summed E-state index contributed by atoms with van der Waals surface area (Å²) < 4.78 is 0. The van der Waals surface area contributed by atoms with Gasteiger partial charge in [0.2, 0.25) is 0 Å². The third kappa shape index (κ3) is 9.03. The van der Waals surface area contributed by atoms with Crippen molar-refractivity contribution in [2.24, 2.45) is 0 Å². The Morgan fingerprint density at radius 1 is 1.75 bits per heavy atom. The standard InChI is InChI=1S/CH6P2.Y/c1-3-2;/h3H,2H2,1H3;. The molecule has 0 aliphatic heterocycles. The van der Waals surface area contributed by atoms with E-state index in [1.807, 2.05) is 0 Å². The summed E-state index contributed by atoms with van der Waals surface area (Å²) in [5.74, 6) is 0. The van der Waals surface area contributed by atoms with Gasteiger partial charge in [-0.2, -0.15) is 0 Å². The third-order valence-electron chi connectivity index (χ3n) is 0. The first-order valence-corrected chi connectivity index (χ1v) is 4.10. The zero-order valence-electron chi connectivity index (χ0n) is 2.65. The van der Waals surface area contributed by atoms with Crippen LogP contribution in [0.4, 0.5) is 0 Å². The van der Waals surface area contributed by atoms with Crippen LogP contribution in [-0.2, 0) is 32.7 Å². The van der Waals surface area contributed by atoms with Gasteiger partial charge in [0, 0.05) is 32.7 Å². The normalized spacial score (nSPS) is 7.50. The third-order valence-corrected chi connectivity index (χ3v) is 0. The molecule has 0 aliphatic rings. The largest absolute Gasteiger partial charge is 0.115 e. The zero-order valence-corrected chi connectivity index (χ0v) is 7.65. The van der Waals surface area contributed by atoms with E-state index in [4.69, 9.17) is 0 Å². The van der Waals surface area contributed by atoms with Gasteiger partial charge in [-0.15, -0.1) is 17.2 Å². The summed E-state index contributed by atoms with van der Waals surface area (Å²) in [5, 5.41) is 0. The van der Waals surface area contributed by atoms with Gasteiger partial charge in [0.05, 0.1) is 0 Å². The Kier molecular flexibility index (Phi) is 20.8. The fourth-order valence-corrected chi connectivity index (χ4v) is 0. The molecule has 0 spiro atoms. The summed E-state index contributed by atoms with van der Waals surface area (Å²) in [5.41, 5.74) is 0. The minimum absolute atomic E-state index is 0. The Balaban J connectivity index is 0. The van der Waals surface area contributed by atoms with E-state index in [-0.39, 0.29) is 32.7 Å². The molecule has 0 aromatic rings. The second kappa shape index (κ2) is 8.88. The van der Waals surface area contributed by atoms with Crippen molar-refractivity contribution < 1.29 is 32.7 Å². The SMILES string of the molecule is CPP.[Y]. The molecule has 0 N–H and O–H groups in total. The first-order valence-electron chi connectivity index (χ1n) is 0.789. The maximum atomic E-state index is 2.61. The van der Waals surface area contributed by atoms with Crippen LogP contribution < -0.4 is 0 Å². The van der Waals surface area contributed by atoms with Crippen molar-refractivity contribution in [1.29, 1.82) is 0 Å². The van der Waals surface area contributed by atoms with Crippen molar-refractivity contribution in [3.05, 3.63) is 0 Å². The maximum absolute atomic E-state index is 2.61. The van der Waals surface area contributed by atoms with Crippen LogP contribution in [0.25, 0.3) is 0 Å². The molecule has 0 fully saturated rings. The molecule has 23 valence electrons. The number of hydrogen-bond donors (Lipinski definition) is 0. The molecule has 0 bridgehead atoms. The molecule has 1 radical (unpaired) electrons. The second-order valence-corrected chi connectivity index (χ2v) is 2.60. The Labute approximate surface area is 56.3 Å². The van der Waals surface area contributed by atoms with Crippen molar-refractivity contribution >= 4 is 17.2 Å². The van der Waals surface area contributed by atoms with Gasteiger partial charge in [0.15, 0.2) is 0 Å². The summed E-state index contributed by atoms with van der Waals surface area (Å²) in [6, 6.07) is 0. The van der Waals surface area contributed by atoms with Crippen molar-refractivity contribution in [1.82, 2.24) is 0 Å². The molecule has 3 heteroatoms. The van der Waals surface area contributed by atoms with Gasteiger partial charge >= 0.3 is 0 Å². The molecule has 2 unspecified atom stereocenters. The van der Waals surface area contributed by atoms with Crippen LogP contribution in [0.5, 0.6) is 0 Å². The Morgan fingerprint density at radius 3 is 1.75 bits per heavy atom. The molecule has 4 heavy (non-hydrogen) atoms.